The van der Waals surface area contributed by atoms with Crippen molar-refractivity contribution < 1.29 is 23.2 Å². The highest BCUT2D eigenvalue weighted by Gasteiger charge is 2.22. The van der Waals surface area contributed by atoms with Crippen molar-refractivity contribution in [2.45, 2.75) is 39.2 Å². The number of aromatic nitrogens is 2. The number of rotatable bonds is 6. The Balaban J connectivity index is 1.82. The van der Waals surface area contributed by atoms with Gasteiger partial charge in [-0.3, -0.25) is 19.9 Å². The number of ether oxygens (including phenoxy) is 1. The Morgan fingerprint density at radius 3 is 2.33 bits per heavy atom. The molecule has 30 heavy (non-hydrogen) atoms. The molecule has 8 heteroatoms. The summed E-state index contributed by atoms with van der Waals surface area (Å²) >= 11 is 0. The average Bonchev–Trinajstić information content (AvgIpc) is 3.10. The highest BCUT2D eigenvalue weighted by Crippen LogP contribution is 2.37. The van der Waals surface area contributed by atoms with E-state index >= 15 is 0 Å². The first-order valence-electron chi connectivity index (χ1n) is 9.40. The maximum atomic E-state index is 13.3. The highest BCUT2D eigenvalue weighted by molar-refractivity contribution is 5.97. The predicted molar refractivity (Wildman–Crippen MR) is 109 cm³/mol. The molecule has 3 rings (SSSR count). The smallest absolute Gasteiger partial charge is 0.306 e. The van der Waals surface area contributed by atoms with Crippen molar-refractivity contribution in [3.8, 4) is 22.4 Å². The maximum absolute atomic E-state index is 13.3. The van der Waals surface area contributed by atoms with E-state index in [0.29, 0.717) is 22.4 Å². The van der Waals surface area contributed by atoms with Crippen molar-refractivity contribution in [1.82, 2.24) is 10.1 Å². The monoisotopic (exact) mass is 411 g/mol. The van der Waals surface area contributed by atoms with Gasteiger partial charge in [0.25, 0.3) is 0 Å². The summed E-state index contributed by atoms with van der Waals surface area (Å²) in [5.74, 6) is -1.12. The van der Waals surface area contributed by atoms with Crippen molar-refractivity contribution in [2.24, 2.45) is 0 Å². The van der Waals surface area contributed by atoms with Gasteiger partial charge in [0.2, 0.25) is 11.8 Å². The fourth-order valence-electron chi connectivity index (χ4n) is 2.76. The topological polar surface area (TPSA) is 94.3 Å². The number of carbonyl (C=O) groups excluding carboxylic acids is 2. The molecule has 2 aromatic heterocycles. The minimum atomic E-state index is -0.614. The molecule has 0 saturated heterocycles. The molecule has 0 aliphatic carbocycles. The highest BCUT2D eigenvalue weighted by atomic mass is 19.1. The summed E-state index contributed by atoms with van der Waals surface area (Å²) in [4.78, 5) is 28.2. The van der Waals surface area contributed by atoms with Crippen LogP contribution < -0.4 is 5.32 Å². The summed E-state index contributed by atoms with van der Waals surface area (Å²) in [7, 11) is 0. The number of benzene rings is 1. The lowest BCUT2D eigenvalue weighted by molar-refractivity contribution is -0.155. The zero-order chi connectivity index (χ0) is 21.7. The van der Waals surface area contributed by atoms with Gasteiger partial charge in [-0.25, -0.2) is 4.39 Å². The Bertz CT molecular complexity index is 1020. The second-order valence-electron chi connectivity index (χ2n) is 7.61. The van der Waals surface area contributed by atoms with E-state index < -0.39 is 17.5 Å². The van der Waals surface area contributed by atoms with E-state index in [1.807, 2.05) is 0 Å². The first kappa shape index (κ1) is 21.2. The van der Waals surface area contributed by atoms with E-state index in [-0.39, 0.29) is 24.5 Å². The molecule has 2 heterocycles. The van der Waals surface area contributed by atoms with Crippen LogP contribution in [-0.4, -0.2) is 27.6 Å². The Morgan fingerprint density at radius 1 is 1.03 bits per heavy atom. The largest absolute Gasteiger partial charge is 0.460 e. The molecule has 1 amide bonds. The maximum Gasteiger partial charge on any atom is 0.306 e. The number of esters is 1. The molecule has 3 aromatic rings. The van der Waals surface area contributed by atoms with Gasteiger partial charge < -0.3 is 9.26 Å². The van der Waals surface area contributed by atoms with E-state index in [0.717, 1.165) is 0 Å². The van der Waals surface area contributed by atoms with Crippen LogP contribution in [-0.2, 0) is 14.3 Å². The third-order valence-corrected chi connectivity index (χ3v) is 4.01. The van der Waals surface area contributed by atoms with Crippen LogP contribution in [0.3, 0.4) is 0 Å². The summed E-state index contributed by atoms with van der Waals surface area (Å²) in [6, 6.07) is 9.28. The Labute approximate surface area is 173 Å². The molecule has 0 atom stereocenters. The number of hydrogen-bond donors (Lipinski definition) is 1. The zero-order valence-electron chi connectivity index (χ0n) is 16.9. The van der Waals surface area contributed by atoms with Crippen molar-refractivity contribution in [1.29, 1.82) is 0 Å². The van der Waals surface area contributed by atoms with Gasteiger partial charge >= 0.3 is 5.97 Å². The minimum Gasteiger partial charge on any atom is -0.460 e. The second-order valence-corrected chi connectivity index (χ2v) is 7.61. The van der Waals surface area contributed by atoms with Crippen molar-refractivity contribution in [3.05, 3.63) is 54.6 Å². The summed E-state index contributed by atoms with van der Waals surface area (Å²) in [5.41, 5.74) is 1.71. The summed E-state index contributed by atoms with van der Waals surface area (Å²) in [6.07, 6.45) is 3.07. The molecule has 1 aromatic carbocycles. The quantitative estimate of drug-likeness (QED) is 0.596. The van der Waals surface area contributed by atoms with Crippen LogP contribution in [0.15, 0.2) is 53.3 Å². The van der Waals surface area contributed by atoms with Crippen molar-refractivity contribution >= 4 is 17.8 Å². The van der Waals surface area contributed by atoms with Crippen molar-refractivity contribution in [2.75, 3.05) is 5.32 Å². The van der Waals surface area contributed by atoms with E-state index in [1.54, 1.807) is 57.4 Å². The SMILES string of the molecule is CC(C)(C)OC(=O)CCC(=O)Nc1onc(-c2ccc(F)cc2)c1-c1ccncc1. The molecule has 0 spiro atoms. The third-order valence-electron chi connectivity index (χ3n) is 4.01. The van der Waals surface area contributed by atoms with E-state index in [2.05, 4.69) is 15.5 Å². The first-order chi connectivity index (χ1) is 14.2. The minimum absolute atomic E-state index is 0.0628. The van der Waals surface area contributed by atoms with E-state index in [9.17, 15) is 14.0 Å². The fraction of sp³-hybridized carbons (Fsp3) is 0.273. The van der Waals surface area contributed by atoms with Crippen LogP contribution in [0.5, 0.6) is 0 Å². The predicted octanol–water partition coefficient (Wildman–Crippen LogP) is 4.60. The Kier molecular flexibility index (Phi) is 6.25. The molecular weight excluding hydrogens is 389 g/mol. The van der Waals surface area contributed by atoms with Gasteiger partial charge in [0.05, 0.1) is 12.0 Å². The standard InChI is InChI=1S/C22H22FN3O4/c1-22(2,3)29-18(28)9-8-17(27)25-21-19(14-10-12-24-13-11-14)20(26-30-21)15-4-6-16(23)7-5-15/h4-7,10-13H,8-9H2,1-3H3,(H,25,27). The molecule has 0 saturated carbocycles. The summed E-state index contributed by atoms with van der Waals surface area (Å²) < 4.78 is 23.9. The Hall–Kier alpha value is -3.55. The molecule has 156 valence electrons. The summed E-state index contributed by atoms with van der Waals surface area (Å²) in [6.45, 7) is 5.28. The van der Waals surface area contributed by atoms with E-state index in [1.165, 1.54) is 12.1 Å². The lowest BCUT2D eigenvalue weighted by Gasteiger charge is -2.19. The van der Waals surface area contributed by atoms with Gasteiger partial charge in [-0.15, -0.1) is 0 Å². The average molecular weight is 411 g/mol. The fourth-order valence-corrected chi connectivity index (χ4v) is 2.76. The lowest BCUT2D eigenvalue weighted by atomic mass is 10.0. The second kappa shape index (κ2) is 8.86. The first-order valence-corrected chi connectivity index (χ1v) is 9.40. The van der Waals surface area contributed by atoms with Gasteiger partial charge in [-0.1, -0.05) is 5.16 Å². The number of pyridine rings is 1. The van der Waals surface area contributed by atoms with Crippen LogP contribution in [0.4, 0.5) is 10.3 Å². The molecule has 0 aliphatic rings. The molecule has 0 aliphatic heterocycles. The molecule has 0 radical (unpaired) electrons. The molecule has 0 fully saturated rings. The Morgan fingerprint density at radius 2 is 1.70 bits per heavy atom. The van der Waals surface area contributed by atoms with Crippen LogP contribution in [0.2, 0.25) is 0 Å². The molecule has 7 nitrogen and oxygen atoms in total. The molecule has 0 bridgehead atoms. The number of hydrogen-bond acceptors (Lipinski definition) is 6. The van der Waals surface area contributed by atoms with Crippen LogP contribution in [0, 0.1) is 5.82 Å². The molecule has 0 unspecified atom stereocenters. The molecule has 1 N–H and O–H groups in total. The zero-order valence-corrected chi connectivity index (χ0v) is 16.9. The van der Waals surface area contributed by atoms with Crippen molar-refractivity contribution in [3.63, 3.8) is 0 Å². The lowest BCUT2D eigenvalue weighted by Crippen LogP contribution is -2.24. The third kappa shape index (κ3) is 5.50. The van der Waals surface area contributed by atoms with Gasteiger partial charge in [0, 0.05) is 24.4 Å². The number of nitrogens with one attached hydrogen (secondary N) is 1. The van der Waals surface area contributed by atoms with Gasteiger partial charge in [0.1, 0.15) is 17.1 Å². The number of amides is 1. The number of carbonyl (C=O) groups is 2. The summed E-state index contributed by atoms with van der Waals surface area (Å²) in [5, 5.41) is 6.72. The number of halogens is 1. The normalized spacial score (nSPS) is 11.2. The molecular formula is C22H22FN3O4. The van der Waals surface area contributed by atoms with Crippen LogP contribution >= 0.6 is 0 Å². The number of nitrogens with zero attached hydrogens (tertiary/aromatic N) is 2. The van der Waals surface area contributed by atoms with E-state index in [4.69, 9.17) is 9.26 Å². The van der Waals surface area contributed by atoms with Crippen LogP contribution in [0.25, 0.3) is 22.4 Å². The van der Waals surface area contributed by atoms with Gasteiger partial charge in [-0.2, -0.15) is 0 Å². The van der Waals surface area contributed by atoms with Gasteiger partial charge in [-0.05, 0) is 62.7 Å². The number of anilines is 1. The van der Waals surface area contributed by atoms with Crippen LogP contribution in [0.1, 0.15) is 33.6 Å². The van der Waals surface area contributed by atoms with Gasteiger partial charge in [0.15, 0.2) is 0 Å².